The van der Waals surface area contributed by atoms with E-state index in [1.807, 2.05) is 41.9 Å². The average molecular weight is 354 g/mol. The fourth-order valence-electron chi connectivity index (χ4n) is 2.75. The molecule has 3 rings (SSSR count). The predicted molar refractivity (Wildman–Crippen MR) is 103 cm³/mol. The number of nitrogens with one attached hydrogen (secondary N) is 2. The van der Waals surface area contributed by atoms with E-state index in [9.17, 15) is 5.11 Å². The molecule has 3 aromatic heterocycles. The second kappa shape index (κ2) is 8.14. The van der Waals surface area contributed by atoms with Crippen LogP contribution in [0.25, 0.3) is 5.65 Å². The van der Waals surface area contributed by atoms with Crippen LogP contribution in [0.15, 0.2) is 36.7 Å². The molecule has 3 aromatic rings. The number of fused-ring (bicyclic) bond motifs is 1. The molecule has 7 nitrogen and oxygen atoms in total. The van der Waals surface area contributed by atoms with Crippen molar-refractivity contribution in [2.45, 2.75) is 45.7 Å². The summed E-state index contributed by atoms with van der Waals surface area (Å²) in [4.78, 5) is 8.90. The topological polar surface area (TPSA) is 87.4 Å². The van der Waals surface area contributed by atoms with Gasteiger partial charge in [0.2, 0.25) is 0 Å². The van der Waals surface area contributed by atoms with Crippen LogP contribution in [0.4, 0.5) is 11.5 Å². The van der Waals surface area contributed by atoms with Crippen LogP contribution in [-0.4, -0.2) is 37.3 Å². The summed E-state index contributed by atoms with van der Waals surface area (Å²) in [5, 5.41) is 20.9. The van der Waals surface area contributed by atoms with Crippen molar-refractivity contribution < 1.29 is 5.11 Å². The van der Waals surface area contributed by atoms with Gasteiger partial charge in [0.15, 0.2) is 5.65 Å². The van der Waals surface area contributed by atoms with E-state index in [0.29, 0.717) is 18.3 Å². The zero-order valence-electron chi connectivity index (χ0n) is 15.5. The quantitative estimate of drug-likeness (QED) is 0.576. The standard InChI is InChI=1S/C19H26N6O/c1-4-14(12-26)23-18-9-16(21-10-15-7-5-6-8-20-15)19-22-11-17(13(2)3)25(19)24-18/h5-9,11,13-14,21,26H,4,10,12H2,1-3H3,(H,23,24)/t14-/m1/s1. The summed E-state index contributed by atoms with van der Waals surface area (Å²) in [7, 11) is 0. The van der Waals surface area contributed by atoms with E-state index in [0.717, 1.165) is 29.1 Å². The maximum Gasteiger partial charge on any atom is 0.177 e. The molecule has 3 N–H and O–H groups in total. The number of hydrogen-bond donors (Lipinski definition) is 3. The largest absolute Gasteiger partial charge is 0.394 e. The van der Waals surface area contributed by atoms with Gasteiger partial charge in [-0.2, -0.15) is 0 Å². The molecule has 138 valence electrons. The van der Waals surface area contributed by atoms with Crippen molar-refractivity contribution >= 4 is 17.2 Å². The Hall–Kier alpha value is -2.67. The molecule has 0 aromatic carbocycles. The Labute approximate surface area is 153 Å². The van der Waals surface area contributed by atoms with E-state index in [4.69, 9.17) is 0 Å². The number of anilines is 2. The first-order valence-corrected chi connectivity index (χ1v) is 9.02. The molecule has 26 heavy (non-hydrogen) atoms. The highest BCUT2D eigenvalue weighted by Crippen LogP contribution is 2.24. The molecular weight excluding hydrogens is 328 g/mol. The van der Waals surface area contributed by atoms with E-state index in [1.165, 1.54) is 0 Å². The number of aliphatic hydroxyl groups is 1. The first-order valence-electron chi connectivity index (χ1n) is 9.02. The number of hydrogen-bond acceptors (Lipinski definition) is 6. The predicted octanol–water partition coefficient (Wildman–Crippen LogP) is 3.04. The van der Waals surface area contributed by atoms with Crippen molar-refractivity contribution in [3.05, 3.63) is 48.0 Å². The smallest absolute Gasteiger partial charge is 0.177 e. The highest BCUT2D eigenvalue weighted by Gasteiger charge is 2.15. The van der Waals surface area contributed by atoms with Gasteiger partial charge in [-0.1, -0.05) is 26.8 Å². The van der Waals surface area contributed by atoms with Gasteiger partial charge >= 0.3 is 0 Å². The van der Waals surface area contributed by atoms with Crippen molar-refractivity contribution in [2.24, 2.45) is 0 Å². The Balaban J connectivity index is 1.96. The molecule has 0 saturated heterocycles. The van der Waals surface area contributed by atoms with Gasteiger partial charge in [-0.05, 0) is 24.5 Å². The Kier molecular flexibility index (Phi) is 5.68. The summed E-state index contributed by atoms with van der Waals surface area (Å²) in [5.74, 6) is 1.01. The number of aromatic nitrogens is 4. The van der Waals surface area contributed by atoms with Gasteiger partial charge in [0, 0.05) is 12.3 Å². The van der Waals surface area contributed by atoms with Crippen LogP contribution in [-0.2, 0) is 6.54 Å². The molecule has 3 heterocycles. The van der Waals surface area contributed by atoms with Crippen LogP contribution in [0.5, 0.6) is 0 Å². The van der Waals surface area contributed by atoms with Crippen molar-refractivity contribution in [3.8, 4) is 0 Å². The second-order valence-electron chi connectivity index (χ2n) is 6.62. The summed E-state index contributed by atoms with van der Waals surface area (Å²) >= 11 is 0. The van der Waals surface area contributed by atoms with Crippen molar-refractivity contribution in [1.82, 2.24) is 19.6 Å². The lowest BCUT2D eigenvalue weighted by atomic mass is 10.1. The number of aliphatic hydroxyl groups excluding tert-OH is 1. The van der Waals surface area contributed by atoms with Crippen molar-refractivity contribution in [2.75, 3.05) is 17.2 Å². The Morgan fingerprint density at radius 3 is 2.73 bits per heavy atom. The number of rotatable bonds is 8. The minimum Gasteiger partial charge on any atom is -0.394 e. The molecule has 0 aliphatic heterocycles. The van der Waals surface area contributed by atoms with E-state index >= 15 is 0 Å². The van der Waals surface area contributed by atoms with Gasteiger partial charge in [-0.3, -0.25) is 4.98 Å². The maximum atomic E-state index is 9.49. The van der Waals surface area contributed by atoms with Crippen LogP contribution < -0.4 is 10.6 Å². The lowest BCUT2D eigenvalue weighted by Gasteiger charge is -2.17. The van der Waals surface area contributed by atoms with Crippen LogP contribution in [0, 0.1) is 0 Å². The molecular formula is C19H26N6O. The van der Waals surface area contributed by atoms with Gasteiger partial charge in [0.05, 0.1) is 42.5 Å². The molecule has 0 bridgehead atoms. The van der Waals surface area contributed by atoms with Crippen LogP contribution >= 0.6 is 0 Å². The SMILES string of the molecule is CC[C@H](CO)Nc1cc(NCc2ccccn2)c2ncc(C(C)C)n2n1. The molecule has 0 unspecified atom stereocenters. The fraction of sp³-hybridized carbons (Fsp3) is 0.421. The van der Waals surface area contributed by atoms with E-state index in [1.54, 1.807) is 6.20 Å². The second-order valence-corrected chi connectivity index (χ2v) is 6.62. The monoisotopic (exact) mass is 354 g/mol. The minimum atomic E-state index is -0.0328. The normalized spacial score (nSPS) is 12.5. The van der Waals surface area contributed by atoms with Crippen LogP contribution in [0.1, 0.15) is 44.5 Å². The Morgan fingerprint density at radius 1 is 1.23 bits per heavy atom. The Morgan fingerprint density at radius 2 is 2.08 bits per heavy atom. The van der Waals surface area contributed by atoms with Gasteiger partial charge in [0.25, 0.3) is 0 Å². The summed E-state index contributed by atoms with van der Waals surface area (Å²) in [6.07, 6.45) is 4.46. The van der Waals surface area contributed by atoms with Crippen molar-refractivity contribution in [1.29, 1.82) is 0 Å². The van der Waals surface area contributed by atoms with Gasteiger partial charge in [-0.15, -0.1) is 5.10 Å². The average Bonchev–Trinajstić information content (AvgIpc) is 3.09. The lowest BCUT2D eigenvalue weighted by molar-refractivity contribution is 0.271. The molecule has 0 saturated carbocycles. The third kappa shape index (κ3) is 3.94. The van der Waals surface area contributed by atoms with Gasteiger partial charge < -0.3 is 15.7 Å². The first kappa shape index (κ1) is 18.1. The van der Waals surface area contributed by atoms with Crippen LogP contribution in [0.2, 0.25) is 0 Å². The summed E-state index contributed by atoms with van der Waals surface area (Å²) in [6.45, 7) is 6.93. The maximum absolute atomic E-state index is 9.49. The molecule has 7 heteroatoms. The molecule has 1 atom stereocenters. The molecule has 0 radical (unpaired) electrons. The fourth-order valence-corrected chi connectivity index (χ4v) is 2.75. The van der Waals surface area contributed by atoms with Gasteiger partial charge in [-0.25, -0.2) is 9.50 Å². The lowest BCUT2D eigenvalue weighted by Crippen LogP contribution is -2.24. The minimum absolute atomic E-state index is 0.0328. The third-order valence-corrected chi connectivity index (χ3v) is 4.34. The van der Waals surface area contributed by atoms with Crippen LogP contribution in [0.3, 0.4) is 0 Å². The molecule has 0 aliphatic carbocycles. The van der Waals surface area contributed by atoms with E-state index in [-0.39, 0.29) is 12.6 Å². The number of nitrogens with zero attached hydrogens (tertiary/aromatic N) is 4. The molecule has 0 aliphatic rings. The highest BCUT2D eigenvalue weighted by atomic mass is 16.3. The molecule has 0 fully saturated rings. The first-order chi connectivity index (χ1) is 12.6. The summed E-state index contributed by atoms with van der Waals surface area (Å²) in [5.41, 5.74) is 3.66. The Bertz CT molecular complexity index is 842. The molecule has 0 spiro atoms. The van der Waals surface area contributed by atoms with E-state index < -0.39 is 0 Å². The molecule has 0 amide bonds. The highest BCUT2D eigenvalue weighted by molar-refractivity contribution is 5.71. The number of imidazole rings is 1. The summed E-state index contributed by atoms with van der Waals surface area (Å²) in [6, 6.07) is 7.76. The van der Waals surface area contributed by atoms with Gasteiger partial charge in [0.1, 0.15) is 5.82 Å². The summed E-state index contributed by atoms with van der Waals surface area (Å²) < 4.78 is 1.87. The zero-order chi connectivity index (χ0) is 18.5. The van der Waals surface area contributed by atoms with Crippen molar-refractivity contribution in [3.63, 3.8) is 0 Å². The van der Waals surface area contributed by atoms with E-state index in [2.05, 4.69) is 39.5 Å². The zero-order valence-corrected chi connectivity index (χ0v) is 15.5. The third-order valence-electron chi connectivity index (χ3n) is 4.34. The number of pyridine rings is 1.